The Balaban J connectivity index is 2.36. The van der Waals surface area contributed by atoms with Gasteiger partial charge in [0.15, 0.2) is 0 Å². The molecule has 0 spiro atoms. The van der Waals surface area contributed by atoms with Crippen LogP contribution in [0.3, 0.4) is 0 Å². The second-order valence-corrected chi connectivity index (χ2v) is 8.29. The van der Waals surface area contributed by atoms with Crippen molar-refractivity contribution in [2.75, 3.05) is 23.7 Å². The molecular formula is C12H19N3O4S2. The molecule has 1 unspecified atom stereocenters. The predicted octanol–water partition coefficient (Wildman–Crippen LogP) is 0.341. The summed E-state index contributed by atoms with van der Waals surface area (Å²) in [5.74, 6) is 0. The first-order valence-electron chi connectivity index (χ1n) is 6.58. The van der Waals surface area contributed by atoms with Crippen molar-refractivity contribution in [3.8, 4) is 0 Å². The molecule has 7 nitrogen and oxygen atoms in total. The van der Waals surface area contributed by atoms with E-state index < -0.39 is 26.3 Å². The lowest BCUT2D eigenvalue weighted by Crippen LogP contribution is -2.43. The first-order chi connectivity index (χ1) is 9.74. The Hall–Kier alpha value is -1.16. The smallest absolute Gasteiger partial charge is 0.270 e. The Morgan fingerprint density at radius 1 is 1.24 bits per heavy atom. The van der Waals surface area contributed by atoms with Gasteiger partial charge in [-0.2, -0.15) is 13.1 Å². The van der Waals surface area contributed by atoms with Crippen LogP contribution in [-0.4, -0.2) is 36.2 Å². The third-order valence-electron chi connectivity index (χ3n) is 3.23. The maximum absolute atomic E-state index is 11.8. The van der Waals surface area contributed by atoms with Gasteiger partial charge in [-0.25, -0.2) is 13.1 Å². The molecular weight excluding hydrogens is 314 g/mol. The van der Waals surface area contributed by atoms with Gasteiger partial charge in [0.1, 0.15) is 0 Å². The van der Waals surface area contributed by atoms with E-state index in [1.807, 2.05) is 0 Å². The summed E-state index contributed by atoms with van der Waals surface area (Å²) < 4.78 is 53.5. The van der Waals surface area contributed by atoms with Crippen molar-refractivity contribution in [2.24, 2.45) is 0 Å². The van der Waals surface area contributed by atoms with Crippen LogP contribution in [0.4, 0.5) is 5.69 Å². The first kappa shape index (κ1) is 16.2. The molecule has 0 aromatic heterocycles. The molecule has 1 aromatic carbocycles. The summed E-state index contributed by atoms with van der Waals surface area (Å²) in [5.41, 5.74) is 1.19. The fraction of sp³-hybridized carbons (Fsp3) is 0.500. The highest BCUT2D eigenvalue weighted by Gasteiger charge is 2.31. The standard InChI is InChI=1S/C12H19N3O4S2/c1-3-13-21(18,19)14-11-8-9-15(20(2,16)17)12-7-5-4-6-10(11)12/h4-7,11,13-14H,3,8-9H2,1-2H3. The van der Waals surface area contributed by atoms with Crippen LogP contribution in [0.5, 0.6) is 0 Å². The van der Waals surface area contributed by atoms with E-state index in [4.69, 9.17) is 0 Å². The Morgan fingerprint density at radius 3 is 2.52 bits per heavy atom. The molecule has 1 heterocycles. The summed E-state index contributed by atoms with van der Waals surface area (Å²) in [6.45, 7) is 2.23. The molecule has 0 saturated carbocycles. The number of hydrogen-bond acceptors (Lipinski definition) is 4. The van der Waals surface area contributed by atoms with Gasteiger partial charge in [-0.1, -0.05) is 25.1 Å². The maximum Gasteiger partial charge on any atom is 0.277 e. The van der Waals surface area contributed by atoms with Crippen LogP contribution in [0.2, 0.25) is 0 Å². The molecule has 21 heavy (non-hydrogen) atoms. The lowest BCUT2D eigenvalue weighted by Gasteiger charge is -2.34. The Morgan fingerprint density at radius 2 is 1.90 bits per heavy atom. The third-order valence-corrected chi connectivity index (χ3v) is 5.68. The van der Waals surface area contributed by atoms with Gasteiger partial charge in [0.2, 0.25) is 10.0 Å². The monoisotopic (exact) mass is 333 g/mol. The number of nitrogens with zero attached hydrogens (tertiary/aromatic N) is 1. The second kappa shape index (κ2) is 5.91. The summed E-state index contributed by atoms with van der Waals surface area (Å²) in [6.07, 6.45) is 1.53. The van der Waals surface area contributed by atoms with Gasteiger partial charge in [0.05, 0.1) is 18.0 Å². The van der Waals surface area contributed by atoms with Crippen LogP contribution in [0, 0.1) is 0 Å². The zero-order valence-electron chi connectivity index (χ0n) is 11.9. The number of fused-ring (bicyclic) bond motifs is 1. The first-order valence-corrected chi connectivity index (χ1v) is 9.91. The molecule has 1 aliphatic rings. The highest BCUT2D eigenvalue weighted by atomic mass is 32.2. The fourth-order valence-electron chi connectivity index (χ4n) is 2.42. The van der Waals surface area contributed by atoms with E-state index in [1.54, 1.807) is 31.2 Å². The van der Waals surface area contributed by atoms with Crippen molar-refractivity contribution in [1.29, 1.82) is 0 Å². The predicted molar refractivity (Wildman–Crippen MR) is 81.7 cm³/mol. The van der Waals surface area contributed by atoms with Crippen molar-refractivity contribution in [3.05, 3.63) is 29.8 Å². The molecule has 0 radical (unpaired) electrons. The minimum Gasteiger partial charge on any atom is -0.270 e. The van der Waals surface area contributed by atoms with Gasteiger partial charge >= 0.3 is 0 Å². The van der Waals surface area contributed by atoms with Crippen LogP contribution >= 0.6 is 0 Å². The molecule has 2 rings (SSSR count). The highest BCUT2D eigenvalue weighted by Crippen LogP contribution is 2.35. The molecule has 0 amide bonds. The molecule has 0 bridgehead atoms. The zero-order chi connectivity index (χ0) is 15.7. The number of hydrogen-bond donors (Lipinski definition) is 2. The van der Waals surface area contributed by atoms with E-state index in [-0.39, 0.29) is 6.54 Å². The van der Waals surface area contributed by atoms with Crippen LogP contribution in [0.25, 0.3) is 0 Å². The average molecular weight is 333 g/mol. The van der Waals surface area contributed by atoms with Crippen LogP contribution in [-0.2, 0) is 20.2 Å². The summed E-state index contributed by atoms with van der Waals surface area (Å²) in [7, 11) is -6.97. The number of anilines is 1. The molecule has 2 N–H and O–H groups in total. The van der Waals surface area contributed by atoms with Gasteiger partial charge in [0, 0.05) is 13.1 Å². The lowest BCUT2D eigenvalue weighted by atomic mass is 9.99. The number of benzene rings is 1. The average Bonchev–Trinajstić information content (AvgIpc) is 2.37. The topological polar surface area (TPSA) is 95.6 Å². The highest BCUT2D eigenvalue weighted by molar-refractivity contribution is 7.92. The van der Waals surface area contributed by atoms with E-state index in [1.165, 1.54) is 4.31 Å². The molecule has 9 heteroatoms. The van der Waals surface area contributed by atoms with Crippen LogP contribution in [0.15, 0.2) is 24.3 Å². The van der Waals surface area contributed by atoms with Gasteiger partial charge in [-0.15, -0.1) is 0 Å². The molecule has 0 aliphatic carbocycles. The van der Waals surface area contributed by atoms with E-state index in [2.05, 4.69) is 9.44 Å². The SMILES string of the molecule is CCNS(=O)(=O)NC1CCN(S(C)(=O)=O)c2ccccc21. The van der Waals surface area contributed by atoms with Crippen molar-refractivity contribution in [2.45, 2.75) is 19.4 Å². The summed E-state index contributed by atoms with van der Waals surface area (Å²) >= 11 is 0. The molecule has 1 aliphatic heterocycles. The number of rotatable bonds is 5. The summed E-state index contributed by atoms with van der Waals surface area (Å²) in [4.78, 5) is 0. The van der Waals surface area contributed by atoms with Crippen molar-refractivity contribution < 1.29 is 16.8 Å². The fourth-order valence-corrected chi connectivity index (χ4v) is 4.46. The van der Waals surface area contributed by atoms with Gasteiger partial charge in [-0.3, -0.25) is 4.31 Å². The lowest BCUT2D eigenvalue weighted by molar-refractivity contribution is 0.522. The third kappa shape index (κ3) is 3.73. The van der Waals surface area contributed by atoms with Gasteiger partial charge in [-0.05, 0) is 18.1 Å². The summed E-state index contributed by atoms with van der Waals surface area (Å²) in [5, 5.41) is 0. The number of para-hydroxylation sites is 1. The molecule has 0 saturated heterocycles. The van der Waals surface area contributed by atoms with Crippen molar-refractivity contribution in [3.63, 3.8) is 0 Å². The molecule has 1 aromatic rings. The maximum atomic E-state index is 11.8. The molecule has 118 valence electrons. The normalized spacial score (nSPS) is 19.3. The number of sulfonamides is 1. The van der Waals surface area contributed by atoms with Crippen LogP contribution in [0.1, 0.15) is 24.9 Å². The zero-order valence-corrected chi connectivity index (χ0v) is 13.5. The quantitative estimate of drug-likeness (QED) is 0.812. The van der Waals surface area contributed by atoms with E-state index in [0.29, 0.717) is 24.2 Å². The van der Waals surface area contributed by atoms with Crippen molar-refractivity contribution in [1.82, 2.24) is 9.44 Å². The molecule has 1 atom stereocenters. The largest absolute Gasteiger partial charge is 0.277 e. The van der Waals surface area contributed by atoms with Gasteiger partial charge in [0.25, 0.3) is 10.2 Å². The summed E-state index contributed by atoms with van der Waals surface area (Å²) in [6, 6.07) is 6.48. The second-order valence-electron chi connectivity index (χ2n) is 4.85. The van der Waals surface area contributed by atoms with E-state index in [0.717, 1.165) is 6.26 Å². The Bertz CT molecular complexity index is 716. The van der Waals surface area contributed by atoms with Gasteiger partial charge < -0.3 is 0 Å². The minimum absolute atomic E-state index is 0.245. The Kier molecular flexibility index (Phi) is 4.57. The van der Waals surface area contributed by atoms with E-state index in [9.17, 15) is 16.8 Å². The van der Waals surface area contributed by atoms with Crippen molar-refractivity contribution >= 4 is 25.9 Å². The Labute approximate surface area is 125 Å². The van der Waals surface area contributed by atoms with Crippen LogP contribution < -0.4 is 13.7 Å². The minimum atomic E-state index is -3.59. The molecule has 0 fully saturated rings. The van der Waals surface area contributed by atoms with E-state index >= 15 is 0 Å². The number of nitrogens with one attached hydrogen (secondary N) is 2.